The highest BCUT2D eigenvalue weighted by atomic mass is 19.1. The van der Waals surface area contributed by atoms with Crippen molar-refractivity contribution in [3.05, 3.63) is 29.6 Å². The monoisotopic (exact) mass is 237 g/mol. The van der Waals surface area contributed by atoms with Gasteiger partial charge in [0, 0.05) is 12.5 Å². The molecule has 1 fully saturated rings. The van der Waals surface area contributed by atoms with E-state index >= 15 is 0 Å². The second kappa shape index (κ2) is 5.50. The van der Waals surface area contributed by atoms with Crippen LogP contribution in [-0.4, -0.2) is 31.6 Å². The van der Waals surface area contributed by atoms with Crippen LogP contribution < -0.4 is 4.74 Å². The van der Waals surface area contributed by atoms with E-state index in [1.54, 1.807) is 6.07 Å². The largest absolute Gasteiger partial charge is 0.490 e. The van der Waals surface area contributed by atoms with E-state index in [-0.39, 0.29) is 5.82 Å². The number of aryl methyl sites for hydroxylation is 1. The minimum atomic E-state index is -0.255. The summed E-state index contributed by atoms with van der Waals surface area (Å²) < 4.78 is 19.1. The van der Waals surface area contributed by atoms with Gasteiger partial charge in [-0.15, -0.1) is 0 Å². The van der Waals surface area contributed by atoms with Gasteiger partial charge in [0.05, 0.1) is 6.61 Å². The van der Waals surface area contributed by atoms with Gasteiger partial charge in [-0.3, -0.25) is 0 Å². The summed E-state index contributed by atoms with van der Waals surface area (Å²) in [7, 11) is 2.12. The number of halogens is 1. The topological polar surface area (TPSA) is 12.5 Å². The second-order valence-electron chi connectivity index (χ2n) is 5.02. The molecule has 17 heavy (non-hydrogen) atoms. The number of nitrogens with zero attached hydrogens (tertiary/aromatic N) is 1. The van der Waals surface area contributed by atoms with Crippen LogP contribution in [0.3, 0.4) is 0 Å². The molecule has 1 saturated heterocycles. The Hall–Kier alpha value is -1.09. The van der Waals surface area contributed by atoms with Gasteiger partial charge in [-0.1, -0.05) is 6.07 Å². The Morgan fingerprint density at radius 1 is 1.47 bits per heavy atom. The van der Waals surface area contributed by atoms with Gasteiger partial charge in [0.2, 0.25) is 0 Å². The lowest BCUT2D eigenvalue weighted by Gasteiger charge is -2.29. The maximum absolute atomic E-state index is 13.5. The predicted molar refractivity (Wildman–Crippen MR) is 66.9 cm³/mol. The number of piperidine rings is 1. The molecule has 94 valence electrons. The molecule has 1 atom stereocenters. The van der Waals surface area contributed by atoms with Gasteiger partial charge in [-0.25, -0.2) is 4.39 Å². The van der Waals surface area contributed by atoms with Crippen molar-refractivity contribution >= 4 is 0 Å². The molecule has 3 heteroatoms. The maximum atomic E-state index is 13.5. The molecule has 1 aliphatic heterocycles. The van der Waals surface area contributed by atoms with Crippen LogP contribution in [0.5, 0.6) is 5.75 Å². The quantitative estimate of drug-likeness (QED) is 0.801. The van der Waals surface area contributed by atoms with E-state index in [1.807, 2.05) is 13.0 Å². The van der Waals surface area contributed by atoms with Crippen molar-refractivity contribution in [3.63, 3.8) is 0 Å². The zero-order valence-corrected chi connectivity index (χ0v) is 10.6. The van der Waals surface area contributed by atoms with E-state index < -0.39 is 0 Å². The molecule has 1 aromatic carbocycles. The third kappa shape index (κ3) is 3.43. The van der Waals surface area contributed by atoms with Crippen LogP contribution in [0.2, 0.25) is 0 Å². The van der Waals surface area contributed by atoms with Gasteiger partial charge in [0.1, 0.15) is 0 Å². The maximum Gasteiger partial charge on any atom is 0.165 e. The summed E-state index contributed by atoms with van der Waals surface area (Å²) in [5.74, 6) is 0.646. The van der Waals surface area contributed by atoms with Gasteiger partial charge in [-0.2, -0.15) is 0 Å². The number of hydrogen-bond acceptors (Lipinski definition) is 2. The molecule has 0 spiro atoms. The molecule has 1 unspecified atom stereocenters. The molecular formula is C14H20FNO. The smallest absolute Gasteiger partial charge is 0.165 e. The highest BCUT2D eigenvalue weighted by molar-refractivity contribution is 5.28. The van der Waals surface area contributed by atoms with Crippen molar-refractivity contribution in [1.82, 2.24) is 4.90 Å². The van der Waals surface area contributed by atoms with E-state index in [4.69, 9.17) is 4.74 Å². The molecule has 0 radical (unpaired) electrons. The van der Waals surface area contributed by atoms with Crippen molar-refractivity contribution in [1.29, 1.82) is 0 Å². The summed E-state index contributed by atoms with van der Waals surface area (Å²) in [5.41, 5.74) is 0.923. The zero-order chi connectivity index (χ0) is 12.3. The Morgan fingerprint density at radius 2 is 2.29 bits per heavy atom. The summed E-state index contributed by atoms with van der Waals surface area (Å²) in [6.45, 7) is 4.70. The van der Waals surface area contributed by atoms with Gasteiger partial charge in [0.25, 0.3) is 0 Å². The average molecular weight is 237 g/mol. The van der Waals surface area contributed by atoms with Crippen molar-refractivity contribution in [2.45, 2.75) is 19.8 Å². The fraction of sp³-hybridized carbons (Fsp3) is 0.571. The first-order valence-electron chi connectivity index (χ1n) is 6.22. The van der Waals surface area contributed by atoms with Crippen molar-refractivity contribution < 1.29 is 9.13 Å². The highest BCUT2D eigenvalue weighted by Gasteiger charge is 2.18. The summed E-state index contributed by atoms with van der Waals surface area (Å²) in [4.78, 5) is 2.31. The lowest BCUT2D eigenvalue weighted by atomic mass is 10.00. The highest BCUT2D eigenvalue weighted by Crippen LogP contribution is 2.21. The summed E-state index contributed by atoms with van der Waals surface area (Å²) in [5, 5.41) is 0. The van der Waals surface area contributed by atoms with E-state index in [1.165, 1.54) is 18.9 Å². The molecule has 0 amide bonds. The Morgan fingerprint density at radius 3 is 3.00 bits per heavy atom. The van der Waals surface area contributed by atoms with Crippen molar-refractivity contribution in [2.24, 2.45) is 5.92 Å². The SMILES string of the molecule is Cc1ccc(OCC2CCCN(C)C2)c(F)c1. The van der Waals surface area contributed by atoms with Crippen LogP contribution in [0.1, 0.15) is 18.4 Å². The first-order chi connectivity index (χ1) is 8.15. The van der Waals surface area contributed by atoms with Crippen LogP contribution >= 0.6 is 0 Å². The molecule has 0 saturated carbocycles. The third-order valence-corrected chi connectivity index (χ3v) is 3.28. The normalized spacial score (nSPS) is 21.5. The van der Waals surface area contributed by atoms with Crippen LogP contribution in [0, 0.1) is 18.7 Å². The van der Waals surface area contributed by atoms with E-state index in [0.29, 0.717) is 18.3 Å². The Kier molecular flexibility index (Phi) is 4.00. The standard InChI is InChI=1S/C14H20FNO/c1-11-5-6-14(13(15)8-11)17-10-12-4-3-7-16(2)9-12/h5-6,8,12H,3-4,7,9-10H2,1-2H3. The fourth-order valence-electron chi connectivity index (χ4n) is 2.34. The van der Waals surface area contributed by atoms with Crippen LogP contribution in [-0.2, 0) is 0 Å². The van der Waals surface area contributed by atoms with Gasteiger partial charge in [-0.05, 0) is 51.1 Å². The molecule has 1 aromatic rings. The number of hydrogen-bond donors (Lipinski definition) is 0. The molecule has 2 nitrogen and oxygen atoms in total. The van der Waals surface area contributed by atoms with E-state index in [0.717, 1.165) is 18.7 Å². The molecule has 2 rings (SSSR count). The summed E-state index contributed by atoms with van der Waals surface area (Å²) in [6, 6.07) is 5.12. The minimum absolute atomic E-state index is 0.255. The van der Waals surface area contributed by atoms with Crippen molar-refractivity contribution in [2.75, 3.05) is 26.7 Å². The number of likely N-dealkylation sites (tertiary alicyclic amines) is 1. The molecule has 0 N–H and O–H groups in total. The molecule has 0 aliphatic carbocycles. The molecule has 0 bridgehead atoms. The molecule has 1 heterocycles. The summed E-state index contributed by atoms with van der Waals surface area (Å²) >= 11 is 0. The Labute approximate surface area is 102 Å². The van der Waals surface area contributed by atoms with Gasteiger partial charge in [0.15, 0.2) is 11.6 Å². The summed E-state index contributed by atoms with van der Waals surface area (Å²) in [6.07, 6.45) is 2.39. The fourth-order valence-corrected chi connectivity index (χ4v) is 2.34. The second-order valence-corrected chi connectivity index (χ2v) is 5.02. The van der Waals surface area contributed by atoms with Gasteiger partial charge < -0.3 is 9.64 Å². The molecule has 0 aromatic heterocycles. The van der Waals surface area contributed by atoms with E-state index in [2.05, 4.69) is 11.9 Å². The van der Waals surface area contributed by atoms with Crippen LogP contribution in [0.4, 0.5) is 4.39 Å². The van der Waals surface area contributed by atoms with Crippen LogP contribution in [0.25, 0.3) is 0 Å². The minimum Gasteiger partial charge on any atom is -0.490 e. The predicted octanol–water partition coefficient (Wildman–Crippen LogP) is 2.85. The number of rotatable bonds is 3. The lowest BCUT2D eigenvalue weighted by Crippen LogP contribution is -2.34. The lowest BCUT2D eigenvalue weighted by molar-refractivity contribution is 0.147. The molecule has 1 aliphatic rings. The molecular weight excluding hydrogens is 217 g/mol. The van der Waals surface area contributed by atoms with Crippen LogP contribution in [0.15, 0.2) is 18.2 Å². The number of ether oxygens (including phenoxy) is 1. The Balaban J connectivity index is 1.88. The Bertz CT molecular complexity index is 380. The first-order valence-corrected chi connectivity index (χ1v) is 6.22. The first kappa shape index (κ1) is 12.4. The van der Waals surface area contributed by atoms with E-state index in [9.17, 15) is 4.39 Å². The third-order valence-electron chi connectivity index (χ3n) is 3.28. The average Bonchev–Trinajstić information content (AvgIpc) is 2.28. The van der Waals surface area contributed by atoms with Gasteiger partial charge >= 0.3 is 0 Å². The van der Waals surface area contributed by atoms with Crippen molar-refractivity contribution in [3.8, 4) is 5.75 Å². The zero-order valence-electron chi connectivity index (χ0n) is 10.6. The number of benzene rings is 1.